The lowest BCUT2D eigenvalue weighted by Crippen LogP contribution is -2.59. The summed E-state index contributed by atoms with van der Waals surface area (Å²) in [6, 6.07) is 0. The molecule has 0 bridgehead atoms. The summed E-state index contributed by atoms with van der Waals surface area (Å²) in [4.78, 5) is 11.1. The van der Waals surface area contributed by atoms with Crippen LogP contribution < -0.4 is 0 Å². The van der Waals surface area contributed by atoms with Crippen LogP contribution >= 0.6 is 0 Å². The van der Waals surface area contributed by atoms with Crippen LogP contribution in [0, 0.1) is 0 Å². The molecule has 5 atom stereocenters. The number of rotatable bonds is 2. The fourth-order valence-corrected chi connectivity index (χ4v) is 1.44. The average Bonchev–Trinajstić information content (AvgIpc) is 2.13. The maximum Gasteiger partial charge on any atom is 0.184 e. The molecular formula is C8H14O6. The number of hydrogen-bond acceptors (Lipinski definition) is 6. The first-order valence-corrected chi connectivity index (χ1v) is 4.22. The average molecular weight is 206 g/mol. The van der Waals surface area contributed by atoms with Gasteiger partial charge in [0.15, 0.2) is 12.1 Å². The number of Topliss-reactive ketones (excluding diaryl/α,β-unsaturated/α-hetero) is 1. The first kappa shape index (κ1) is 11.5. The summed E-state index contributed by atoms with van der Waals surface area (Å²) >= 11 is 0. The van der Waals surface area contributed by atoms with Crippen molar-refractivity contribution in [3.63, 3.8) is 0 Å². The van der Waals surface area contributed by atoms with Gasteiger partial charge in [-0.15, -0.1) is 0 Å². The lowest BCUT2D eigenvalue weighted by molar-refractivity contribution is -0.278. The number of ketones is 1. The highest BCUT2D eigenvalue weighted by Gasteiger charge is 2.45. The number of aliphatic hydroxyl groups excluding tert-OH is 3. The predicted octanol–water partition coefficient (Wildman–Crippen LogP) is -1.97. The Labute approximate surface area is 81.1 Å². The first-order valence-electron chi connectivity index (χ1n) is 4.22. The first-order chi connectivity index (χ1) is 6.49. The van der Waals surface area contributed by atoms with Gasteiger partial charge < -0.3 is 24.8 Å². The molecule has 1 aliphatic rings. The SMILES string of the molecule is COC1C(C(C)=O)OC(O)C(O)C1O. The number of methoxy groups -OCH3 is 1. The fourth-order valence-electron chi connectivity index (χ4n) is 1.44. The van der Waals surface area contributed by atoms with Gasteiger partial charge in [-0.25, -0.2) is 0 Å². The highest BCUT2D eigenvalue weighted by molar-refractivity contribution is 5.81. The van der Waals surface area contributed by atoms with Crippen molar-refractivity contribution in [1.82, 2.24) is 0 Å². The van der Waals surface area contributed by atoms with Crippen LogP contribution in [0.1, 0.15) is 6.92 Å². The molecular weight excluding hydrogens is 192 g/mol. The predicted molar refractivity (Wildman–Crippen MR) is 44.4 cm³/mol. The lowest BCUT2D eigenvalue weighted by atomic mass is 9.96. The van der Waals surface area contributed by atoms with Gasteiger partial charge in [0.1, 0.15) is 24.4 Å². The van der Waals surface area contributed by atoms with Gasteiger partial charge in [0.05, 0.1) is 0 Å². The minimum Gasteiger partial charge on any atom is -0.387 e. The second kappa shape index (κ2) is 4.33. The highest BCUT2D eigenvalue weighted by atomic mass is 16.6. The van der Waals surface area contributed by atoms with Crippen LogP contribution in [-0.4, -0.2) is 58.9 Å². The van der Waals surface area contributed by atoms with Crippen LogP contribution in [0.3, 0.4) is 0 Å². The third-order valence-electron chi connectivity index (χ3n) is 2.24. The molecule has 0 saturated carbocycles. The number of carbonyl (C=O) groups excluding carboxylic acids is 1. The van der Waals surface area contributed by atoms with E-state index in [1.165, 1.54) is 14.0 Å². The normalized spacial score (nSPS) is 43.6. The van der Waals surface area contributed by atoms with Crippen molar-refractivity contribution in [2.45, 2.75) is 37.6 Å². The van der Waals surface area contributed by atoms with Crippen LogP contribution in [0.2, 0.25) is 0 Å². The number of carbonyl (C=O) groups is 1. The molecule has 82 valence electrons. The van der Waals surface area contributed by atoms with E-state index in [0.717, 1.165) is 0 Å². The molecule has 1 rings (SSSR count). The Morgan fingerprint density at radius 1 is 1.29 bits per heavy atom. The van der Waals surface area contributed by atoms with Crippen LogP contribution in [0.15, 0.2) is 0 Å². The standard InChI is InChI=1S/C8H14O6/c1-3(9)6-7(13-2)4(10)5(11)8(12)14-6/h4-8,10-12H,1-2H3. The Balaban J connectivity index is 2.82. The van der Waals surface area contributed by atoms with Gasteiger partial charge in [0.2, 0.25) is 0 Å². The number of ether oxygens (including phenoxy) is 2. The molecule has 0 aromatic carbocycles. The molecule has 6 heteroatoms. The van der Waals surface area contributed by atoms with Crippen molar-refractivity contribution in [2.24, 2.45) is 0 Å². The fraction of sp³-hybridized carbons (Fsp3) is 0.875. The molecule has 6 nitrogen and oxygen atoms in total. The largest absolute Gasteiger partial charge is 0.387 e. The summed E-state index contributed by atoms with van der Waals surface area (Å²) in [5.74, 6) is -0.373. The van der Waals surface area contributed by atoms with E-state index >= 15 is 0 Å². The molecule has 0 aromatic rings. The van der Waals surface area contributed by atoms with Gasteiger partial charge in [-0.2, -0.15) is 0 Å². The van der Waals surface area contributed by atoms with E-state index in [1.54, 1.807) is 0 Å². The van der Waals surface area contributed by atoms with E-state index in [-0.39, 0.29) is 5.78 Å². The lowest BCUT2D eigenvalue weighted by Gasteiger charge is -2.38. The molecule has 1 fully saturated rings. The van der Waals surface area contributed by atoms with E-state index in [4.69, 9.17) is 14.6 Å². The monoisotopic (exact) mass is 206 g/mol. The third kappa shape index (κ3) is 1.94. The van der Waals surface area contributed by atoms with Gasteiger partial charge >= 0.3 is 0 Å². The molecule has 1 heterocycles. The molecule has 0 spiro atoms. The second-order valence-corrected chi connectivity index (χ2v) is 3.24. The summed E-state index contributed by atoms with van der Waals surface area (Å²) in [5.41, 5.74) is 0. The summed E-state index contributed by atoms with van der Waals surface area (Å²) in [5, 5.41) is 27.8. The number of hydrogen-bond donors (Lipinski definition) is 3. The van der Waals surface area contributed by atoms with Gasteiger partial charge in [-0.3, -0.25) is 4.79 Å². The van der Waals surface area contributed by atoms with Crippen molar-refractivity contribution >= 4 is 5.78 Å². The van der Waals surface area contributed by atoms with Crippen LogP contribution in [0.5, 0.6) is 0 Å². The van der Waals surface area contributed by atoms with Crippen molar-refractivity contribution in [3.8, 4) is 0 Å². The van der Waals surface area contributed by atoms with Crippen LogP contribution in [0.4, 0.5) is 0 Å². The molecule has 0 aliphatic carbocycles. The van der Waals surface area contributed by atoms with Crippen molar-refractivity contribution in [2.75, 3.05) is 7.11 Å². The molecule has 0 amide bonds. The van der Waals surface area contributed by atoms with E-state index in [0.29, 0.717) is 0 Å². The zero-order chi connectivity index (χ0) is 10.9. The summed E-state index contributed by atoms with van der Waals surface area (Å²) in [6.07, 6.45) is -6.36. The van der Waals surface area contributed by atoms with Crippen molar-refractivity contribution < 1.29 is 29.6 Å². The molecule has 0 radical (unpaired) electrons. The van der Waals surface area contributed by atoms with E-state index < -0.39 is 30.7 Å². The summed E-state index contributed by atoms with van der Waals surface area (Å²) < 4.78 is 9.63. The van der Waals surface area contributed by atoms with E-state index in [9.17, 15) is 15.0 Å². The van der Waals surface area contributed by atoms with Gasteiger partial charge in [0, 0.05) is 7.11 Å². The highest BCUT2D eigenvalue weighted by Crippen LogP contribution is 2.22. The number of aliphatic hydroxyl groups is 3. The molecule has 3 N–H and O–H groups in total. The molecule has 5 unspecified atom stereocenters. The van der Waals surface area contributed by atoms with Gasteiger partial charge in [-0.05, 0) is 6.92 Å². The van der Waals surface area contributed by atoms with E-state index in [2.05, 4.69) is 0 Å². The Morgan fingerprint density at radius 2 is 1.86 bits per heavy atom. The zero-order valence-corrected chi connectivity index (χ0v) is 7.95. The summed E-state index contributed by atoms with van der Waals surface area (Å²) in [6.45, 7) is 1.26. The maximum absolute atomic E-state index is 11.1. The quantitative estimate of drug-likeness (QED) is 0.485. The third-order valence-corrected chi connectivity index (χ3v) is 2.24. The summed E-state index contributed by atoms with van der Waals surface area (Å²) in [7, 11) is 1.29. The molecule has 1 saturated heterocycles. The minimum atomic E-state index is -1.56. The minimum absolute atomic E-state index is 0.373. The topological polar surface area (TPSA) is 96.2 Å². The van der Waals surface area contributed by atoms with E-state index in [1.807, 2.05) is 0 Å². The Hall–Kier alpha value is -0.530. The Bertz CT molecular complexity index is 218. The molecule has 1 aliphatic heterocycles. The second-order valence-electron chi connectivity index (χ2n) is 3.24. The van der Waals surface area contributed by atoms with Gasteiger partial charge in [0.25, 0.3) is 0 Å². The smallest absolute Gasteiger partial charge is 0.184 e. The Kier molecular flexibility index (Phi) is 3.57. The Morgan fingerprint density at radius 3 is 2.29 bits per heavy atom. The molecule has 0 aromatic heterocycles. The van der Waals surface area contributed by atoms with Crippen molar-refractivity contribution in [3.05, 3.63) is 0 Å². The molecule has 14 heavy (non-hydrogen) atoms. The van der Waals surface area contributed by atoms with Gasteiger partial charge in [-0.1, -0.05) is 0 Å². The van der Waals surface area contributed by atoms with Crippen LogP contribution in [0.25, 0.3) is 0 Å². The zero-order valence-electron chi connectivity index (χ0n) is 7.95. The van der Waals surface area contributed by atoms with Crippen molar-refractivity contribution in [1.29, 1.82) is 0 Å². The van der Waals surface area contributed by atoms with Crippen LogP contribution in [-0.2, 0) is 14.3 Å². The maximum atomic E-state index is 11.1.